The highest BCUT2D eigenvalue weighted by atomic mass is 35.5. The van der Waals surface area contributed by atoms with Crippen LogP contribution in [0.2, 0.25) is 4.34 Å². The van der Waals surface area contributed by atoms with Gasteiger partial charge in [-0.3, -0.25) is 24.4 Å². The van der Waals surface area contributed by atoms with Crippen LogP contribution in [0.15, 0.2) is 84.3 Å². The molecule has 0 aliphatic heterocycles. The van der Waals surface area contributed by atoms with Crippen molar-refractivity contribution < 1.29 is 9.59 Å². The molecule has 0 unspecified atom stereocenters. The Kier molecular flexibility index (Phi) is 8.20. The van der Waals surface area contributed by atoms with E-state index in [1.807, 2.05) is 44.9 Å². The summed E-state index contributed by atoms with van der Waals surface area (Å²) in [5.74, 6) is 0.0425. The summed E-state index contributed by atoms with van der Waals surface area (Å²) in [4.78, 5) is 51.8. The molecule has 0 saturated heterocycles. The Bertz CT molecular complexity index is 1810. The predicted octanol–water partition coefficient (Wildman–Crippen LogP) is 6.09. The van der Waals surface area contributed by atoms with Crippen LogP contribution in [0.1, 0.15) is 40.8 Å². The van der Waals surface area contributed by atoms with Crippen LogP contribution in [0, 0.1) is 5.41 Å². The number of halogens is 1. The van der Waals surface area contributed by atoms with Crippen LogP contribution in [0.5, 0.6) is 0 Å². The van der Waals surface area contributed by atoms with E-state index >= 15 is 0 Å². The Labute approximate surface area is 252 Å². The minimum absolute atomic E-state index is 0.179. The average Bonchev–Trinajstić information content (AvgIpc) is 3.60. The second kappa shape index (κ2) is 11.8. The zero-order valence-corrected chi connectivity index (χ0v) is 25.2. The highest BCUT2D eigenvalue weighted by molar-refractivity contribution is 7.16. The molecule has 0 aliphatic rings. The number of anilines is 1. The Morgan fingerprint density at radius 3 is 2.43 bits per heavy atom. The minimum atomic E-state index is -0.744. The molecule has 5 aromatic rings. The average molecular weight is 601 g/mol. The number of carbonyl (C=O) groups excluding carboxylic acids is 2. The van der Waals surface area contributed by atoms with Gasteiger partial charge in [-0.15, -0.1) is 11.3 Å². The predicted molar refractivity (Wildman–Crippen MR) is 165 cm³/mol. The van der Waals surface area contributed by atoms with Gasteiger partial charge in [0.15, 0.2) is 5.78 Å². The van der Waals surface area contributed by atoms with Gasteiger partial charge in [0, 0.05) is 60.0 Å². The van der Waals surface area contributed by atoms with Crippen LogP contribution in [0.4, 0.5) is 5.82 Å². The van der Waals surface area contributed by atoms with Crippen molar-refractivity contribution in [2.45, 2.75) is 33.9 Å². The molecule has 5 aromatic heterocycles. The third-order valence-corrected chi connectivity index (χ3v) is 7.86. The summed E-state index contributed by atoms with van der Waals surface area (Å²) in [6, 6.07) is 14.2. The summed E-state index contributed by atoms with van der Waals surface area (Å²) in [6.45, 7) is 5.77. The van der Waals surface area contributed by atoms with Gasteiger partial charge >= 0.3 is 0 Å². The smallest absolute Gasteiger partial charge is 0.261 e. The Morgan fingerprint density at radius 1 is 1.02 bits per heavy atom. The molecule has 0 saturated carbocycles. The van der Waals surface area contributed by atoms with Gasteiger partial charge in [0.05, 0.1) is 23.0 Å². The van der Waals surface area contributed by atoms with Crippen LogP contribution in [0.25, 0.3) is 22.4 Å². The lowest BCUT2D eigenvalue weighted by Gasteiger charge is -2.22. The maximum absolute atomic E-state index is 14.1. The number of hydrogen-bond acceptors (Lipinski definition) is 8. The summed E-state index contributed by atoms with van der Waals surface area (Å²) in [5.41, 5.74) is 1.21. The molecule has 0 N–H and O–H groups in total. The van der Waals surface area contributed by atoms with Crippen LogP contribution >= 0.6 is 22.9 Å². The molecule has 11 heteroatoms. The van der Waals surface area contributed by atoms with Gasteiger partial charge in [-0.1, -0.05) is 32.4 Å². The van der Waals surface area contributed by atoms with Gasteiger partial charge in [0.2, 0.25) is 0 Å². The van der Waals surface area contributed by atoms with Gasteiger partial charge in [-0.25, -0.2) is 0 Å². The summed E-state index contributed by atoms with van der Waals surface area (Å²) >= 11 is 7.61. The van der Waals surface area contributed by atoms with Crippen LogP contribution in [-0.2, 0) is 13.1 Å². The van der Waals surface area contributed by atoms with Crippen molar-refractivity contribution >= 4 is 40.4 Å². The highest BCUT2D eigenvalue weighted by Crippen LogP contribution is 2.33. The maximum Gasteiger partial charge on any atom is 0.261 e. The van der Waals surface area contributed by atoms with Gasteiger partial charge in [0.25, 0.3) is 11.5 Å². The molecule has 0 spiro atoms. The van der Waals surface area contributed by atoms with Gasteiger partial charge in [-0.05, 0) is 53.6 Å². The zero-order chi connectivity index (χ0) is 30.0. The lowest BCUT2D eigenvalue weighted by molar-refractivity contribution is 0.0751. The van der Waals surface area contributed by atoms with E-state index in [4.69, 9.17) is 16.7 Å². The normalized spacial score (nSPS) is 11.5. The van der Waals surface area contributed by atoms with E-state index < -0.39 is 11.0 Å². The SMILES string of the molecule is CN(Cc1ccc(Cl)s1)c1cc(-c2c(-c3ccncc3)ccn(CC(=O)c3cccnc3)c2=O)nn1C(=O)C(C)(C)C. The first-order chi connectivity index (χ1) is 20.0. The maximum atomic E-state index is 14.1. The number of aromatic nitrogens is 5. The number of ketones is 1. The highest BCUT2D eigenvalue weighted by Gasteiger charge is 2.29. The van der Waals surface area contributed by atoms with E-state index in [-0.39, 0.29) is 23.8 Å². The van der Waals surface area contributed by atoms with Crippen molar-refractivity contribution in [3.8, 4) is 22.4 Å². The van der Waals surface area contributed by atoms with Crippen molar-refractivity contribution in [1.82, 2.24) is 24.3 Å². The summed E-state index contributed by atoms with van der Waals surface area (Å²) in [5, 5.41) is 4.72. The first-order valence-corrected chi connectivity index (χ1v) is 14.4. The van der Waals surface area contributed by atoms with Gasteiger partial charge in [-0.2, -0.15) is 9.78 Å². The van der Waals surface area contributed by atoms with Gasteiger partial charge < -0.3 is 9.47 Å². The first kappa shape index (κ1) is 29.1. The molecule has 214 valence electrons. The monoisotopic (exact) mass is 600 g/mol. The number of pyridine rings is 3. The molecule has 5 heterocycles. The molecule has 5 rings (SSSR count). The lowest BCUT2D eigenvalue weighted by Crippen LogP contribution is -2.31. The molecule has 0 aliphatic carbocycles. The van der Waals surface area contributed by atoms with Crippen LogP contribution in [-0.4, -0.2) is 43.1 Å². The number of thiophene rings is 1. The summed E-state index contributed by atoms with van der Waals surface area (Å²) in [6.07, 6.45) is 7.94. The molecular weight excluding hydrogens is 572 g/mol. The summed E-state index contributed by atoms with van der Waals surface area (Å²) < 4.78 is 3.39. The molecule has 0 aromatic carbocycles. The van der Waals surface area contributed by atoms with Crippen LogP contribution in [0.3, 0.4) is 0 Å². The number of Topliss-reactive ketones (excluding diaryl/α,β-unsaturated/α-hetero) is 1. The number of hydrogen-bond donors (Lipinski definition) is 0. The number of carbonyl (C=O) groups is 2. The fourth-order valence-corrected chi connectivity index (χ4v) is 5.62. The van der Waals surface area contributed by atoms with E-state index in [2.05, 4.69) is 9.97 Å². The Hall–Kier alpha value is -4.41. The Morgan fingerprint density at radius 2 is 1.79 bits per heavy atom. The van der Waals surface area contributed by atoms with Crippen molar-refractivity contribution in [3.63, 3.8) is 0 Å². The summed E-state index contributed by atoms with van der Waals surface area (Å²) in [7, 11) is 1.86. The molecule has 0 amide bonds. The fourth-order valence-electron chi connectivity index (χ4n) is 4.48. The molecule has 42 heavy (non-hydrogen) atoms. The van der Waals surface area contributed by atoms with Crippen LogP contribution < -0.4 is 10.5 Å². The van der Waals surface area contributed by atoms with E-state index in [0.717, 1.165) is 10.4 Å². The number of rotatable bonds is 8. The van der Waals surface area contributed by atoms with Crippen molar-refractivity contribution in [1.29, 1.82) is 0 Å². The Balaban J connectivity index is 1.66. The van der Waals surface area contributed by atoms with Crippen molar-refractivity contribution in [2.75, 3.05) is 11.9 Å². The van der Waals surface area contributed by atoms with E-state index in [1.54, 1.807) is 61.2 Å². The first-order valence-electron chi connectivity index (χ1n) is 13.2. The third-order valence-electron chi connectivity index (χ3n) is 6.65. The van der Waals surface area contributed by atoms with E-state index in [0.29, 0.717) is 33.5 Å². The molecule has 0 fully saturated rings. The fraction of sp³-hybridized carbons (Fsp3) is 0.226. The second-order valence-corrected chi connectivity index (χ2v) is 12.7. The zero-order valence-electron chi connectivity index (χ0n) is 23.6. The standard InChI is InChI=1S/C31H29ClN6O3S/c1-31(2,3)30(41)38-27(36(4)18-22-7-8-26(32)42-22)16-24(35-38)28-23(20-9-13-33-14-10-20)11-15-37(29(28)40)19-25(39)21-6-5-12-34-17-21/h5-17H,18-19H2,1-4H3. The largest absolute Gasteiger partial charge is 0.354 e. The molecule has 0 bridgehead atoms. The molecule has 0 atom stereocenters. The minimum Gasteiger partial charge on any atom is -0.354 e. The topological polar surface area (TPSA) is 103 Å². The third kappa shape index (κ3) is 6.09. The lowest BCUT2D eigenvalue weighted by atomic mass is 9.96. The number of nitrogens with zero attached hydrogens (tertiary/aromatic N) is 6. The molecule has 9 nitrogen and oxygen atoms in total. The quantitative estimate of drug-likeness (QED) is 0.199. The molecule has 0 radical (unpaired) electrons. The molecular formula is C31H29ClN6O3S. The van der Waals surface area contributed by atoms with Crippen molar-refractivity contribution in [2.24, 2.45) is 5.41 Å². The van der Waals surface area contributed by atoms with E-state index in [9.17, 15) is 14.4 Å². The van der Waals surface area contributed by atoms with Crippen molar-refractivity contribution in [3.05, 3.63) is 105 Å². The van der Waals surface area contributed by atoms with Gasteiger partial charge in [0.1, 0.15) is 11.5 Å². The second-order valence-electron chi connectivity index (χ2n) is 10.9. The van der Waals surface area contributed by atoms with E-state index in [1.165, 1.54) is 26.8 Å².